The summed E-state index contributed by atoms with van der Waals surface area (Å²) in [5.41, 5.74) is 5.67. The summed E-state index contributed by atoms with van der Waals surface area (Å²) in [6.07, 6.45) is 7.22. The van der Waals surface area contributed by atoms with Crippen molar-refractivity contribution in [1.29, 1.82) is 0 Å². The molecule has 0 heterocycles. The summed E-state index contributed by atoms with van der Waals surface area (Å²) in [5.74, 6) is 0.180. The molecule has 0 aromatic carbocycles. The van der Waals surface area contributed by atoms with Crippen LogP contribution in [0.1, 0.15) is 51.9 Å². The van der Waals surface area contributed by atoms with E-state index in [1.807, 2.05) is 0 Å². The predicted molar refractivity (Wildman–Crippen MR) is 57.9 cm³/mol. The lowest BCUT2D eigenvalue weighted by Crippen LogP contribution is -2.51. The normalized spacial score (nSPS) is 19.6. The smallest absolute Gasteiger partial charge is 0.220 e. The first-order valence-corrected chi connectivity index (χ1v) is 5.73. The van der Waals surface area contributed by atoms with Crippen LogP contribution >= 0.6 is 0 Å². The molecule has 0 aromatic heterocycles. The number of unbranched alkanes of at least 4 members (excludes halogenated alkanes) is 1. The highest BCUT2D eigenvalue weighted by Gasteiger charge is 2.33. The highest BCUT2D eigenvalue weighted by atomic mass is 16.1. The quantitative estimate of drug-likeness (QED) is 0.704. The third kappa shape index (κ3) is 2.98. The first-order valence-electron chi connectivity index (χ1n) is 5.73. The molecule has 1 rings (SSSR count). The molecule has 3 nitrogen and oxygen atoms in total. The van der Waals surface area contributed by atoms with Gasteiger partial charge in [-0.1, -0.05) is 26.2 Å². The summed E-state index contributed by atoms with van der Waals surface area (Å²) >= 11 is 0. The molecule has 0 saturated heterocycles. The van der Waals surface area contributed by atoms with Crippen molar-refractivity contribution in [3.8, 4) is 0 Å². The highest BCUT2D eigenvalue weighted by molar-refractivity contribution is 5.76. The lowest BCUT2D eigenvalue weighted by atomic mass is 9.97. The molecular weight excluding hydrogens is 176 g/mol. The van der Waals surface area contributed by atoms with E-state index >= 15 is 0 Å². The molecule has 0 aliphatic heterocycles. The van der Waals surface area contributed by atoms with E-state index in [4.69, 9.17) is 5.73 Å². The van der Waals surface area contributed by atoms with Crippen LogP contribution in [0.5, 0.6) is 0 Å². The van der Waals surface area contributed by atoms with Crippen molar-refractivity contribution in [3.05, 3.63) is 0 Å². The average Bonchev–Trinajstić information content (AvgIpc) is 2.64. The van der Waals surface area contributed by atoms with Gasteiger partial charge in [0, 0.05) is 13.0 Å². The summed E-state index contributed by atoms with van der Waals surface area (Å²) in [4.78, 5) is 11.6. The van der Waals surface area contributed by atoms with E-state index < -0.39 is 0 Å². The van der Waals surface area contributed by atoms with Crippen LogP contribution in [0.4, 0.5) is 0 Å². The van der Waals surface area contributed by atoms with Crippen molar-refractivity contribution in [1.82, 2.24) is 5.32 Å². The maximum atomic E-state index is 11.6. The minimum atomic E-state index is -0.0647. The summed E-state index contributed by atoms with van der Waals surface area (Å²) in [6.45, 7) is 2.69. The third-order valence-corrected chi connectivity index (χ3v) is 3.11. The van der Waals surface area contributed by atoms with Crippen LogP contribution in [0.25, 0.3) is 0 Å². The van der Waals surface area contributed by atoms with Gasteiger partial charge in [0.25, 0.3) is 0 Å². The van der Waals surface area contributed by atoms with Crippen LogP contribution in [-0.4, -0.2) is 18.0 Å². The number of nitrogens with two attached hydrogens (primary N) is 1. The maximum absolute atomic E-state index is 11.6. The van der Waals surface area contributed by atoms with Crippen LogP contribution in [0, 0.1) is 0 Å². The van der Waals surface area contributed by atoms with Crippen LogP contribution in [0.2, 0.25) is 0 Å². The summed E-state index contributed by atoms with van der Waals surface area (Å²) in [6, 6.07) is 0. The maximum Gasteiger partial charge on any atom is 0.220 e. The van der Waals surface area contributed by atoms with Crippen molar-refractivity contribution in [2.45, 2.75) is 57.4 Å². The Morgan fingerprint density at radius 2 is 2.07 bits per heavy atom. The lowest BCUT2D eigenvalue weighted by Gasteiger charge is -2.28. The number of hydrogen-bond donors (Lipinski definition) is 2. The SMILES string of the molecule is CCCCC(=O)NC1(CN)CCCC1. The van der Waals surface area contributed by atoms with E-state index in [9.17, 15) is 4.79 Å². The molecule has 1 amide bonds. The Bertz CT molecular complexity index is 186. The first kappa shape index (κ1) is 11.5. The van der Waals surface area contributed by atoms with Gasteiger partial charge < -0.3 is 11.1 Å². The van der Waals surface area contributed by atoms with Gasteiger partial charge in [-0.15, -0.1) is 0 Å². The molecule has 82 valence electrons. The predicted octanol–water partition coefficient (Wildman–Crippen LogP) is 1.56. The second-order valence-electron chi connectivity index (χ2n) is 4.34. The van der Waals surface area contributed by atoms with Crippen molar-refractivity contribution < 1.29 is 4.79 Å². The zero-order valence-electron chi connectivity index (χ0n) is 9.14. The number of rotatable bonds is 5. The molecule has 0 atom stereocenters. The van der Waals surface area contributed by atoms with Gasteiger partial charge in [-0.05, 0) is 19.3 Å². The van der Waals surface area contributed by atoms with Crippen molar-refractivity contribution >= 4 is 5.91 Å². The van der Waals surface area contributed by atoms with Crippen LogP contribution in [0.3, 0.4) is 0 Å². The molecule has 1 aliphatic rings. The van der Waals surface area contributed by atoms with E-state index in [2.05, 4.69) is 12.2 Å². The fourth-order valence-electron chi connectivity index (χ4n) is 2.13. The monoisotopic (exact) mass is 198 g/mol. The second kappa shape index (κ2) is 5.35. The molecule has 1 fully saturated rings. The largest absolute Gasteiger partial charge is 0.349 e. The Labute approximate surface area is 86.4 Å². The number of amides is 1. The van der Waals surface area contributed by atoms with E-state index in [0.29, 0.717) is 13.0 Å². The molecule has 0 radical (unpaired) electrons. The van der Waals surface area contributed by atoms with Crippen LogP contribution in [0.15, 0.2) is 0 Å². The lowest BCUT2D eigenvalue weighted by molar-refractivity contribution is -0.123. The van der Waals surface area contributed by atoms with E-state index in [1.54, 1.807) is 0 Å². The number of nitrogens with one attached hydrogen (secondary N) is 1. The van der Waals surface area contributed by atoms with Gasteiger partial charge in [-0.3, -0.25) is 4.79 Å². The molecule has 3 N–H and O–H groups in total. The molecule has 0 spiro atoms. The van der Waals surface area contributed by atoms with Crippen molar-refractivity contribution in [2.75, 3.05) is 6.54 Å². The number of carbonyl (C=O) groups excluding carboxylic acids is 1. The second-order valence-corrected chi connectivity index (χ2v) is 4.34. The highest BCUT2D eigenvalue weighted by Crippen LogP contribution is 2.28. The van der Waals surface area contributed by atoms with Gasteiger partial charge in [-0.2, -0.15) is 0 Å². The van der Waals surface area contributed by atoms with Crippen LogP contribution in [-0.2, 0) is 4.79 Å². The molecule has 1 aliphatic carbocycles. The Kier molecular flexibility index (Phi) is 4.39. The fraction of sp³-hybridized carbons (Fsp3) is 0.909. The Balaban J connectivity index is 2.36. The van der Waals surface area contributed by atoms with Crippen molar-refractivity contribution in [3.63, 3.8) is 0 Å². The van der Waals surface area contributed by atoms with Gasteiger partial charge >= 0.3 is 0 Å². The third-order valence-electron chi connectivity index (χ3n) is 3.11. The standard InChI is InChI=1S/C11H22N2O/c1-2-3-6-10(14)13-11(9-12)7-4-5-8-11/h2-9,12H2,1H3,(H,13,14). The Morgan fingerprint density at radius 3 is 2.57 bits per heavy atom. The molecular formula is C11H22N2O. The molecule has 14 heavy (non-hydrogen) atoms. The van der Waals surface area contributed by atoms with E-state index in [-0.39, 0.29) is 11.4 Å². The van der Waals surface area contributed by atoms with E-state index in [0.717, 1.165) is 25.7 Å². The molecule has 3 heteroatoms. The fourth-order valence-corrected chi connectivity index (χ4v) is 2.13. The number of carbonyl (C=O) groups is 1. The van der Waals surface area contributed by atoms with E-state index in [1.165, 1.54) is 12.8 Å². The van der Waals surface area contributed by atoms with Gasteiger partial charge in [0.05, 0.1) is 5.54 Å². The summed E-state index contributed by atoms with van der Waals surface area (Å²) in [7, 11) is 0. The van der Waals surface area contributed by atoms with Gasteiger partial charge in [-0.25, -0.2) is 0 Å². The Morgan fingerprint density at radius 1 is 1.43 bits per heavy atom. The molecule has 0 aromatic rings. The Hall–Kier alpha value is -0.570. The van der Waals surface area contributed by atoms with Crippen LogP contribution < -0.4 is 11.1 Å². The summed E-state index contributed by atoms with van der Waals surface area (Å²) < 4.78 is 0. The van der Waals surface area contributed by atoms with Gasteiger partial charge in [0.15, 0.2) is 0 Å². The molecule has 1 saturated carbocycles. The topological polar surface area (TPSA) is 55.1 Å². The zero-order chi connectivity index (χ0) is 10.4. The molecule has 0 unspecified atom stereocenters. The number of hydrogen-bond acceptors (Lipinski definition) is 2. The summed E-state index contributed by atoms with van der Waals surface area (Å²) in [5, 5.41) is 3.11. The average molecular weight is 198 g/mol. The van der Waals surface area contributed by atoms with Crippen molar-refractivity contribution in [2.24, 2.45) is 5.73 Å². The van der Waals surface area contributed by atoms with Gasteiger partial charge in [0.1, 0.15) is 0 Å². The minimum Gasteiger partial charge on any atom is -0.349 e. The minimum absolute atomic E-state index is 0.0647. The molecule has 0 bridgehead atoms. The van der Waals surface area contributed by atoms with Gasteiger partial charge in [0.2, 0.25) is 5.91 Å². The zero-order valence-corrected chi connectivity index (χ0v) is 9.14. The first-order chi connectivity index (χ1) is 6.72.